The third-order valence-corrected chi connectivity index (χ3v) is 1.50. The first-order valence-corrected chi connectivity index (χ1v) is 4.67. The van der Waals surface area contributed by atoms with Crippen LogP contribution in [0.3, 0.4) is 0 Å². The van der Waals surface area contributed by atoms with Gasteiger partial charge in [-0.3, -0.25) is 0 Å². The number of amides is 1. The maximum Gasteiger partial charge on any atom is 0.402 e. The number of rotatable bonds is 1. The maximum atomic E-state index is 8.78. The average molecular weight is 251 g/mol. The first-order valence-electron chi connectivity index (χ1n) is 1.70. The summed E-state index contributed by atoms with van der Waals surface area (Å²) in [5.41, 5.74) is 4.03. The molecule has 0 aliphatic heterocycles. The molecular formula is C3H9MoNO2S2. The fraction of sp³-hybridized carbons (Fsp3) is 0.667. The Morgan fingerprint density at radius 1 is 1.44 bits per heavy atom. The third kappa shape index (κ3) is 140. The second kappa shape index (κ2) is 15.9. The summed E-state index contributed by atoms with van der Waals surface area (Å²) in [7, 11) is 3.55. The van der Waals surface area contributed by atoms with Crippen molar-refractivity contribution < 1.29 is 31.0 Å². The Hall–Kier alpha value is 0.658. The minimum atomic E-state index is -1.33. The Labute approximate surface area is 76.8 Å². The van der Waals surface area contributed by atoms with Crippen LogP contribution in [0.15, 0.2) is 0 Å². The van der Waals surface area contributed by atoms with Crippen molar-refractivity contribution in [3.63, 3.8) is 0 Å². The van der Waals surface area contributed by atoms with E-state index >= 15 is 0 Å². The molecule has 0 aromatic rings. The van der Waals surface area contributed by atoms with Crippen molar-refractivity contribution >= 4 is 27.7 Å². The van der Waals surface area contributed by atoms with Crippen LogP contribution in [0.4, 0.5) is 4.79 Å². The zero-order valence-electron chi connectivity index (χ0n) is 5.16. The largest absolute Gasteiger partial charge is 0.465 e. The fourth-order valence-corrected chi connectivity index (χ4v) is 0. The number of hydrogen-bond donors (Lipinski definition) is 2. The Balaban J connectivity index is -0.0000000720. The van der Waals surface area contributed by atoms with Crippen molar-refractivity contribution in [3.05, 3.63) is 0 Å². The van der Waals surface area contributed by atoms with Crippen molar-refractivity contribution in [2.24, 2.45) is 5.73 Å². The minimum Gasteiger partial charge on any atom is -0.465 e. The van der Waals surface area contributed by atoms with Crippen LogP contribution < -0.4 is 5.73 Å². The summed E-state index contributed by atoms with van der Waals surface area (Å²) in [6, 6.07) is 0. The van der Waals surface area contributed by atoms with E-state index in [1.165, 1.54) is 0 Å². The topological polar surface area (TPSA) is 63.3 Å². The molecule has 56 valence electrons. The van der Waals surface area contributed by atoms with Gasteiger partial charge in [-0.25, -0.2) is 4.79 Å². The van der Waals surface area contributed by atoms with Crippen LogP contribution in [-0.4, -0.2) is 23.7 Å². The SMILES string of the molecule is CSSC.NC(=O)O.[Mo]. The summed E-state index contributed by atoms with van der Waals surface area (Å²) in [5.74, 6) is 0. The van der Waals surface area contributed by atoms with Crippen LogP contribution in [0.2, 0.25) is 0 Å². The molecule has 0 saturated carbocycles. The van der Waals surface area contributed by atoms with Crippen LogP contribution in [-0.2, 0) is 21.1 Å². The first kappa shape index (κ1) is 16.3. The van der Waals surface area contributed by atoms with E-state index in [1.54, 1.807) is 21.6 Å². The predicted molar refractivity (Wildman–Crippen MR) is 39.2 cm³/mol. The molecule has 0 heterocycles. The minimum absolute atomic E-state index is 0. The average Bonchev–Trinajstić information content (AvgIpc) is 1.65. The van der Waals surface area contributed by atoms with Gasteiger partial charge in [0.15, 0.2) is 0 Å². The summed E-state index contributed by atoms with van der Waals surface area (Å²) in [6.07, 6.45) is 2.79. The van der Waals surface area contributed by atoms with E-state index in [0.29, 0.717) is 0 Å². The second-order valence-corrected chi connectivity index (χ2v) is 3.34. The number of hydrogen-bond acceptors (Lipinski definition) is 3. The normalized spacial score (nSPS) is 6.00. The van der Waals surface area contributed by atoms with Gasteiger partial charge in [-0.2, -0.15) is 0 Å². The van der Waals surface area contributed by atoms with Gasteiger partial charge in [0.05, 0.1) is 0 Å². The molecule has 1 amide bonds. The van der Waals surface area contributed by atoms with E-state index in [1.807, 2.05) is 0 Å². The molecule has 0 saturated heterocycles. The summed E-state index contributed by atoms with van der Waals surface area (Å²) in [6.45, 7) is 0. The molecule has 0 spiro atoms. The van der Waals surface area contributed by atoms with E-state index < -0.39 is 6.09 Å². The Kier molecular flexibility index (Phi) is 28.8. The van der Waals surface area contributed by atoms with Crippen molar-refractivity contribution in [2.75, 3.05) is 12.5 Å². The molecule has 0 radical (unpaired) electrons. The first-order chi connectivity index (χ1) is 3.65. The molecule has 6 heteroatoms. The predicted octanol–water partition coefficient (Wildman–Crippen LogP) is 1.25. The molecule has 0 aromatic carbocycles. The number of primary amides is 1. The Bertz CT molecular complexity index is 57.8. The van der Waals surface area contributed by atoms with E-state index in [0.717, 1.165) is 0 Å². The van der Waals surface area contributed by atoms with Crippen LogP contribution >= 0.6 is 21.6 Å². The van der Waals surface area contributed by atoms with E-state index in [4.69, 9.17) is 9.90 Å². The second-order valence-electron chi connectivity index (χ2n) is 0.672. The fourth-order valence-electron chi connectivity index (χ4n) is 0. The Morgan fingerprint density at radius 2 is 1.56 bits per heavy atom. The molecule has 9 heavy (non-hydrogen) atoms. The molecular weight excluding hydrogens is 242 g/mol. The van der Waals surface area contributed by atoms with Gasteiger partial charge < -0.3 is 10.8 Å². The van der Waals surface area contributed by atoms with Crippen LogP contribution in [0.5, 0.6) is 0 Å². The number of carboxylic acid groups (broad SMARTS) is 1. The molecule has 0 aliphatic carbocycles. The number of nitrogens with two attached hydrogens (primary N) is 1. The Morgan fingerprint density at radius 3 is 1.56 bits per heavy atom. The summed E-state index contributed by atoms with van der Waals surface area (Å²) >= 11 is 0. The zero-order valence-corrected chi connectivity index (χ0v) is 8.80. The smallest absolute Gasteiger partial charge is 0.402 e. The molecule has 0 atom stereocenters. The molecule has 0 rings (SSSR count). The van der Waals surface area contributed by atoms with Crippen LogP contribution in [0.1, 0.15) is 0 Å². The summed E-state index contributed by atoms with van der Waals surface area (Å²) < 4.78 is 0. The molecule has 3 N–H and O–H groups in total. The van der Waals surface area contributed by atoms with Crippen molar-refractivity contribution in [1.82, 2.24) is 0 Å². The molecule has 0 aromatic heterocycles. The van der Waals surface area contributed by atoms with E-state index in [9.17, 15) is 0 Å². The van der Waals surface area contributed by atoms with E-state index in [2.05, 4.69) is 18.2 Å². The van der Waals surface area contributed by atoms with Gasteiger partial charge >= 0.3 is 6.09 Å². The van der Waals surface area contributed by atoms with Gasteiger partial charge in [0.2, 0.25) is 0 Å². The van der Waals surface area contributed by atoms with E-state index in [-0.39, 0.29) is 21.1 Å². The number of carbonyl (C=O) groups is 1. The monoisotopic (exact) mass is 253 g/mol. The van der Waals surface area contributed by atoms with Crippen LogP contribution in [0.25, 0.3) is 0 Å². The van der Waals surface area contributed by atoms with Crippen LogP contribution in [0, 0.1) is 0 Å². The molecule has 0 bridgehead atoms. The molecule has 3 nitrogen and oxygen atoms in total. The van der Waals surface area contributed by atoms with Gasteiger partial charge in [0.1, 0.15) is 0 Å². The van der Waals surface area contributed by atoms with Crippen molar-refractivity contribution in [3.8, 4) is 0 Å². The van der Waals surface area contributed by atoms with Crippen molar-refractivity contribution in [1.29, 1.82) is 0 Å². The van der Waals surface area contributed by atoms with Gasteiger partial charge in [-0.15, -0.1) is 0 Å². The summed E-state index contributed by atoms with van der Waals surface area (Å²) in [4.78, 5) is 8.78. The van der Waals surface area contributed by atoms with Gasteiger partial charge in [-0.05, 0) is 12.5 Å². The molecule has 0 aliphatic rings. The van der Waals surface area contributed by atoms with Gasteiger partial charge in [0, 0.05) is 21.1 Å². The quantitative estimate of drug-likeness (QED) is 0.543. The zero-order chi connectivity index (χ0) is 6.99. The maximum absolute atomic E-state index is 8.78. The third-order valence-electron chi connectivity index (χ3n) is 0.167. The van der Waals surface area contributed by atoms with Crippen molar-refractivity contribution in [2.45, 2.75) is 0 Å². The molecule has 0 unspecified atom stereocenters. The summed E-state index contributed by atoms with van der Waals surface area (Å²) in [5, 5.41) is 7.19. The molecule has 0 fully saturated rings. The van der Waals surface area contributed by atoms with Gasteiger partial charge in [0.25, 0.3) is 0 Å². The standard InChI is InChI=1S/C2H6S2.CH3NO2.Mo/c1-3-4-2;2-1(3)4;/h1-2H3;2H2,(H,3,4);. The van der Waals surface area contributed by atoms with Gasteiger partial charge in [-0.1, -0.05) is 21.6 Å².